The zero-order valence-electron chi connectivity index (χ0n) is 17.6. The van der Waals surface area contributed by atoms with Gasteiger partial charge in [-0.05, 0) is 56.3 Å². The third-order valence-electron chi connectivity index (χ3n) is 6.38. The molecule has 3 aliphatic rings. The first-order chi connectivity index (χ1) is 13.6. The summed E-state index contributed by atoms with van der Waals surface area (Å²) in [5.41, 5.74) is 0. The van der Waals surface area contributed by atoms with Crippen LogP contribution in [0.3, 0.4) is 0 Å². The third-order valence-corrected chi connectivity index (χ3v) is 6.38. The molecule has 3 unspecified atom stereocenters. The number of amides is 1. The van der Waals surface area contributed by atoms with Gasteiger partial charge in [0.25, 0.3) is 0 Å². The van der Waals surface area contributed by atoms with Gasteiger partial charge in [0.05, 0.1) is 0 Å². The Morgan fingerprint density at radius 2 is 2.00 bits per heavy atom. The van der Waals surface area contributed by atoms with Crippen LogP contribution in [-0.4, -0.2) is 76.4 Å². The van der Waals surface area contributed by atoms with E-state index in [4.69, 9.17) is 9.47 Å². The second-order valence-corrected chi connectivity index (χ2v) is 8.79. The van der Waals surface area contributed by atoms with E-state index in [1.807, 2.05) is 0 Å². The topological polar surface area (TPSA) is 75.2 Å². The van der Waals surface area contributed by atoms with Crippen molar-refractivity contribution in [3.8, 4) is 0 Å². The number of hydrogen-bond acceptors (Lipinski definition) is 4. The normalized spacial score (nSPS) is 27.8. The van der Waals surface area contributed by atoms with Gasteiger partial charge < -0.3 is 25.0 Å². The number of carbonyl (C=O) groups is 1. The van der Waals surface area contributed by atoms with Crippen LogP contribution in [0.1, 0.15) is 44.9 Å². The smallest absolute Gasteiger partial charge is 0.243 e. The van der Waals surface area contributed by atoms with Gasteiger partial charge in [0, 0.05) is 53.1 Å². The van der Waals surface area contributed by atoms with E-state index in [2.05, 4.69) is 15.6 Å². The molecule has 3 fully saturated rings. The van der Waals surface area contributed by atoms with Crippen LogP contribution in [-0.2, 0) is 14.3 Å². The van der Waals surface area contributed by atoms with Crippen LogP contribution in [0.15, 0.2) is 4.99 Å². The van der Waals surface area contributed by atoms with E-state index in [0.29, 0.717) is 12.0 Å². The van der Waals surface area contributed by atoms with Crippen molar-refractivity contribution in [2.75, 3.05) is 53.6 Å². The summed E-state index contributed by atoms with van der Waals surface area (Å²) in [7, 11) is 3.54. The standard InChI is InChI=1S/C21H38N4O3/c1-25(2)20(26)14-23-21(24-19-13-17-4-5-18(19)12-17)22-8-3-9-28-15-16-6-10-27-11-7-16/h16-19H,3-15H2,1-2H3,(H2,22,23,24). The third kappa shape index (κ3) is 6.62. The van der Waals surface area contributed by atoms with Crippen LogP contribution in [0.5, 0.6) is 0 Å². The maximum Gasteiger partial charge on any atom is 0.243 e. The molecule has 1 aliphatic heterocycles. The Bertz CT molecular complexity index is 520. The number of nitrogens with one attached hydrogen (secondary N) is 2. The van der Waals surface area contributed by atoms with E-state index in [9.17, 15) is 4.79 Å². The first-order valence-electron chi connectivity index (χ1n) is 11.0. The number of ether oxygens (including phenoxy) is 2. The maximum absolute atomic E-state index is 11.9. The predicted octanol–water partition coefficient (Wildman–Crippen LogP) is 1.63. The highest BCUT2D eigenvalue weighted by molar-refractivity contribution is 5.85. The van der Waals surface area contributed by atoms with Gasteiger partial charge in [-0.25, -0.2) is 4.99 Å². The molecule has 2 aliphatic carbocycles. The lowest BCUT2D eigenvalue weighted by molar-refractivity contribution is -0.127. The summed E-state index contributed by atoms with van der Waals surface area (Å²) in [6.07, 6.45) is 8.45. The molecule has 0 aromatic heterocycles. The molecule has 2 saturated carbocycles. The van der Waals surface area contributed by atoms with Gasteiger partial charge in [-0.3, -0.25) is 4.79 Å². The SMILES string of the molecule is CN(C)C(=O)CN=C(NCCCOCC1CCOCC1)NC1CC2CCC1C2. The molecule has 1 heterocycles. The lowest BCUT2D eigenvalue weighted by Gasteiger charge is -2.25. The van der Waals surface area contributed by atoms with Crippen LogP contribution < -0.4 is 10.6 Å². The first-order valence-corrected chi connectivity index (χ1v) is 11.0. The average molecular weight is 395 g/mol. The molecule has 3 atom stereocenters. The minimum absolute atomic E-state index is 0.0221. The zero-order valence-corrected chi connectivity index (χ0v) is 17.6. The van der Waals surface area contributed by atoms with Crippen molar-refractivity contribution in [2.24, 2.45) is 22.7 Å². The Kier molecular flexibility index (Phi) is 8.40. The molecule has 3 rings (SSSR count). The molecule has 1 saturated heterocycles. The van der Waals surface area contributed by atoms with Gasteiger partial charge >= 0.3 is 0 Å². The minimum Gasteiger partial charge on any atom is -0.381 e. The summed E-state index contributed by atoms with van der Waals surface area (Å²) < 4.78 is 11.2. The van der Waals surface area contributed by atoms with Crippen molar-refractivity contribution < 1.29 is 14.3 Å². The Balaban J connectivity index is 1.37. The van der Waals surface area contributed by atoms with Crippen molar-refractivity contribution in [1.82, 2.24) is 15.5 Å². The van der Waals surface area contributed by atoms with Gasteiger partial charge in [-0.1, -0.05) is 6.42 Å². The summed E-state index contributed by atoms with van der Waals surface area (Å²) in [6.45, 7) is 4.32. The van der Waals surface area contributed by atoms with E-state index in [1.54, 1.807) is 19.0 Å². The summed E-state index contributed by atoms with van der Waals surface area (Å²) in [4.78, 5) is 18.0. The zero-order chi connectivity index (χ0) is 19.8. The Labute approximate surface area is 169 Å². The predicted molar refractivity (Wildman–Crippen MR) is 110 cm³/mol. The molecule has 0 aromatic rings. The van der Waals surface area contributed by atoms with Crippen LogP contribution in [0.4, 0.5) is 0 Å². The maximum atomic E-state index is 11.9. The fourth-order valence-electron chi connectivity index (χ4n) is 4.58. The van der Waals surface area contributed by atoms with Gasteiger partial charge in [0.15, 0.2) is 5.96 Å². The molecule has 2 bridgehead atoms. The molecule has 7 nitrogen and oxygen atoms in total. The molecular weight excluding hydrogens is 356 g/mol. The van der Waals surface area contributed by atoms with Crippen molar-refractivity contribution in [3.63, 3.8) is 0 Å². The highest BCUT2D eigenvalue weighted by atomic mass is 16.5. The van der Waals surface area contributed by atoms with E-state index in [-0.39, 0.29) is 12.5 Å². The number of fused-ring (bicyclic) bond motifs is 2. The van der Waals surface area contributed by atoms with E-state index in [1.165, 1.54) is 25.7 Å². The summed E-state index contributed by atoms with van der Waals surface area (Å²) in [5, 5.41) is 7.00. The molecule has 160 valence electrons. The molecule has 0 radical (unpaired) electrons. The molecular formula is C21H38N4O3. The second-order valence-electron chi connectivity index (χ2n) is 8.79. The fraction of sp³-hybridized carbons (Fsp3) is 0.905. The lowest BCUT2D eigenvalue weighted by Crippen LogP contribution is -2.46. The summed E-state index contributed by atoms with van der Waals surface area (Å²) in [6, 6.07) is 0.504. The van der Waals surface area contributed by atoms with E-state index in [0.717, 1.165) is 70.0 Å². The quantitative estimate of drug-likeness (QED) is 0.353. The van der Waals surface area contributed by atoms with E-state index >= 15 is 0 Å². The summed E-state index contributed by atoms with van der Waals surface area (Å²) >= 11 is 0. The van der Waals surface area contributed by atoms with Crippen LogP contribution in [0, 0.1) is 17.8 Å². The summed E-state index contributed by atoms with van der Waals surface area (Å²) in [5.74, 6) is 3.09. The fourth-order valence-corrected chi connectivity index (χ4v) is 4.58. The van der Waals surface area contributed by atoms with Crippen molar-refractivity contribution in [3.05, 3.63) is 0 Å². The van der Waals surface area contributed by atoms with Crippen LogP contribution >= 0.6 is 0 Å². The number of guanidine groups is 1. The van der Waals surface area contributed by atoms with Gasteiger partial charge in [-0.15, -0.1) is 0 Å². The number of hydrogen-bond donors (Lipinski definition) is 2. The number of likely N-dealkylation sites (N-methyl/N-ethyl adjacent to an activating group) is 1. The molecule has 0 aromatic carbocycles. The molecule has 2 N–H and O–H groups in total. The van der Waals surface area contributed by atoms with Crippen molar-refractivity contribution >= 4 is 11.9 Å². The monoisotopic (exact) mass is 394 g/mol. The van der Waals surface area contributed by atoms with Gasteiger partial charge in [0.1, 0.15) is 6.54 Å². The Morgan fingerprint density at radius 3 is 2.68 bits per heavy atom. The molecule has 1 amide bonds. The largest absolute Gasteiger partial charge is 0.381 e. The van der Waals surface area contributed by atoms with E-state index < -0.39 is 0 Å². The first kappa shape index (κ1) is 21.4. The minimum atomic E-state index is 0.0221. The Morgan fingerprint density at radius 1 is 1.18 bits per heavy atom. The Hall–Kier alpha value is -1.34. The van der Waals surface area contributed by atoms with Crippen LogP contribution in [0.2, 0.25) is 0 Å². The lowest BCUT2D eigenvalue weighted by atomic mass is 9.95. The van der Waals surface area contributed by atoms with Gasteiger partial charge in [-0.2, -0.15) is 0 Å². The van der Waals surface area contributed by atoms with Crippen LogP contribution in [0.25, 0.3) is 0 Å². The second kappa shape index (κ2) is 11.0. The number of nitrogens with zero attached hydrogens (tertiary/aromatic N) is 2. The molecule has 7 heteroatoms. The number of carbonyl (C=O) groups excluding carboxylic acids is 1. The average Bonchev–Trinajstić information content (AvgIpc) is 3.32. The van der Waals surface area contributed by atoms with Crippen molar-refractivity contribution in [2.45, 2.75) is 51.0 Å². The van der Waals surface area contributed by atoms with Gasteiger partial charge in [0.2, 0.25) is 5.91 Å². The number of aliphatic imine (C=N–C) groups is 1. The highest BCUT2D eigenvalue weighted by Crippen LogP contribution is 2.44. The van der Waals surface area contributed by atoms with Crippen molar-refractivity contribution in [1.29, 1.82) is 0 Å². The molecule has 28 heavy (non-hydrogen) atoms. The molecule has 0 spiro atoms. The number of rotatable bonds is 9. The highest BCUT2D eigenvalue weighted by Gasteiger charge is 2.39.